The van der Waals surface area contributed by atoms with Crippen LogP contribution in [0.3, 0.4) is 0 Å². The number of hydrogen-bond acceptors (Lipinski definition) is 3. The lowest BCUT2D eigenvalue weighted by Crippen LogP contribution is -2.44. The second-order valence-electron chi connectivity index (χ2n) is 5.13. The maximum Gasteiger partial charge on any atom is 0.0107 e. The van der Waals surface area contributed by atoms with Gasteiger partial charge in [-0.05, 0) is 51.9 Å². The quantitative estimate of drug-likeness (QED) is 0.738. The van der Waals surface area contributed by atoms with Crippen molar-refractivity contribution in [3.8, 4) is 0 Å². The van der Waals surface area contributed by atoms with Crippen molar-refractivity contribution >= 4 is 0 Å². The summed E-state index contributed by atoms with van der Waals surface area (Å²) in [6, 6.07) is 0. The monoisotopic (exact) mass is 211 g/mol. The molecule has 0 aromatic carbocycles. The van der Waals surface area contributed by atoms with E-state index in [1.54, 1.807) is 0 Å². The minimum absolute atomic E-state index is 0.996. The maximum absolute atomic E-state index is 3.41. The topological polar surface area (TPSA) is 18.5 Å². The Morgan fingerprint density at radius 1 is 1.07 bits per heavy atom. The third-order valence-corrected chi connectivity index (χ3v) is 3.90. The van der Waals surface area contributed by atoms with Crippen molar-refractivity contribution in [2.24, 2.45) is 5.92 Å². The van der Waals surface area contributed by atoms with Crippen LogP contribution in [0.2, 0.25) is 0 Å². The van der Waals surface area contributed by atoms with E-state index in [0.717, 1.165) is 5.92 Å². The fourth-order valence-corrected chi connectivity index (χ4v) is 2.65. The van der Waals surface area contributed by atoms with Gasteiger partial charge in [0.05, 0.1) is 0 Å². The SMILES string of the molecule is CN1CCC(CCN2CCNCC2)CC1. The van der Waals surface area contributed by atoms with Gasteiger partial charge in [0.15, 0.2) is 0 Å². The second kappa shape index (κ2) is 5.83. The maximum atomic E-state index is 3.41. The highest BCUT2D eigenvalue weighted by Crippen LogP contribution is 2.19. The van der Waals surface area contributed by atoms with Crippen LogP contribution in [0, 0.1) is 5.92 Å². The van der Waals surface area contributed by atoms with Gasteiger partial charge in [0.25, 0.3) is 0 Å². The Morgan fingerprint density at radius 2 is 1.73 bits per heavy atom. The molecule has 1 N–H and O–H groups in total. The van der Waals surface area contributed by atoms with Crippen LogP contribution in [0.4, 0.5) is 0 Å². The van der Waals surface area contributed by atoms with Gasteiger partial charge in [-0.1, -0.05) is 0 Å². The van der Waals surface area contributed by atoms with E-state index in [-0.39, 0.29) is 0 Å². The third-order valence-electron chi connectivity index (χ3n) is 3.90. The first kappa shape index (κ1) is 11.4. The summed E-state index contributed by atoms with van der Waals surface area (Å²) in [4.78, 5) is 5.08. The Labute approximate surface area is 93.8 Å². The first-order chi connectivity index (χ1) is 7.34. The molecule has 2 heterocycles. The smallest absolute Gasteiger partial charge is 0.0107 e. The predicted molar refractivity (Wildman–Crippen MR) is 64.1 cm³/mol. The molecule has 2 aliphatic heterocycles. The number of piperazine rings is 1. The summed E-state index contributed by atoms with van der Waals surface area (Å²) in [6.07, 6.45) is 4.26. The van der Waals surface area contributed by atoms with Crippen molar-refractivity contribution in [2.45, 2.75) is 19.3 Å². The van der Waals surface area contributed by atoms with Crippen LogP contribution in [-0.4, -0.2) is 62.7 Å². The van der Waals surface area contributed by atoms with Gasteiger partial charge in [-0.15, -0.1) is 0 Å². The van der Waals surface area contributed by atoms with Crippen molar-refractivity contribution in [1.82, 2.24) is 15.1 Å². The predicted octanol–water partition coefficient (Wildman–Crippen LogP) is 0.624. The third kappa shape index (κ3) is 3.74. The molecule has 0 bridgehead atoms. The average molecular weight is 211 g/mol. The molecule has 0 amide bonds. The highest BCUT2D eigenvalue weighted by molar-refractivity contribution is 4.73. The van der Waals surface area contributed by atoms with E-state index in [0.29, 0.717) is 0 Å². The van der Waals surface area contributed by atoms with Crippen molar-refractivity contribution in [3.05, 3.63) is 0 Å². The van der Waals surface area contributed by atoms with Crippen LogP contribution < -0.4 is 5.32 Å². The fourth-order valence-electron chi connectivity index (χ4n) is 2.65. The summed E-state index contributed by atoms with van der Waals surface area (Å²) < 4.78 is 0. The van der Waals surface area contributed by atoms with E-state index >= 15 is 0 Å². The summed E-state index contributed by atoms with van der Waals surface area (Å²) in [5, 5.41) is 3.41. The zero-order chi connectivity index (χ0) is 10.5. The van der Waals surface area contributed by atoms with Gasteiger partial charge in [0.1, 0.15) is 0 Å². The average Bonchev–Trinajstić information content (AvgIpc) is 2.30. The molecule has 2 fully saturated rings. The summed E-state index contributed by atoms with van der Waals surface area (Å²) in [7, 11) is 2.24. The molecule has 0 radical (unpaired) electrons. The molecule has 2 rings (SSSR count). The van der Waals surface area contributed by atoms with Crippen LogP contribution in [0.15, 0.2) is 0 Å². The lowest BCUT2D eigenvalue weighted by atomic mass is 9.93. The molecule has 0 aromatic heterocycles. The van der Waals surface area contributed by atoms with Crippen LogP contribution >= 0.6 is 0 Å². The number of nitrogens with one attached hydrogen (secondary N) is 1. The van der Waals surface area contributed by atoms with Gasteiger partial charge in [-0.3, -0.25) is 0 Å². The Hall–Kier alpha value is -0.120. The molecule has 88 valence electrons. The van der Waals surface area contributed by atoms with Crippen LogP contribution in [0.25, 0.3) is 0 Å². The molecular weight excluding hydrogens is 186 g/mol. The Kier molecular flexibility index (Phi) is 4.42. The van der Waals surface area contributed by atoms with E-state index in [4.69, 9.17) is 0 Å². The van der Waals surface area contributed by atoms with Crippen LogP contribution in [-0.2, 0) is 0 Å². The minimum Gasteiger partial charge on any atom is -0.314 e. The molecule has 0 unspecified atom stereocenters. The standard InChI is InChI=1S/C12H25N3/c1-14-7-2-12(3-8-14)4-9-15-10-5-13-6-11-15/h12-13H,2-11H2,1H3. The van der Waals surface area contributed by atoms with E-state index < -0.39 is 0 Å². The molecule has 3 nitrogen and oxygen atoms in total. The normalized spacial score (nSPS) is 27.0. The van der Waals surface area contributed by atoms with Gasteiger partial charge in [-0.2, -0.15) is 0 Å². The number of piperidine rings is 1. The van der Waals surface area contributed by atoms with Gasteiger partial charge >= 0.3 is 0 Å². The summed E-state index contributed by atoms with van der Waals surface area (Å²) in [5.41, 5.74) is 0. The van der Waals surface area contributed by atoms with Crippen molar-refractivity contribution < 1.29 is 0 Å². The van der Waals surface area contributed by atoms with Gasteiger partial charge in [0.2, 0.25) is 0 Å². The minimum atomic E-state index is 0.996. The van der Waals surface area contributed by atoms with E-state index in [1.165, 1.54) is 65.1 Å². The summed E-state index contributed by atoms with van der Waals surface area (Å²) >= 11 is 0. The summed E-state index contributed by atoms with van der Waals surface area (Å²) in [5.74, 6) is 0.996. The number of likely N-dealkylation sites (tertiary alicyclic amines) is 1. The molecule has 0 atom stereocenters. The molecule has 0 saturated carbocycles. The molecule has 2 aliphatic rings. The molecule has 0 aliphatic carbocycles. The van der Waals surface area contributed by atoms with Crippen molar-refractivity contribution in [2.75, 3.05) is 52.9 Å². The van der Waals surface area contributed by atoms with Crippen LogP contribution in [0.1, 0.15) is 19.3 Å². The first-order valence-electron chi connectivity index (χ1n) is 6.46. The van der Waals surface area contributed by atoms with E-state index in [9.17, 15) is 0 Å². The number of hydrogen-bond donors (Lipinski definition) is 1. The fraction of sp³-hybridized carbons (Fsp3) is 1.00. The Bertz CT molecular complexity index is 170. The Balaban J connectivity index is 1.60. The first-order valence-corrected chi connectivity index (χ1v) is 6.46. The van der Waals surface area contributed by atoms with E-state index in [2.05, 4.69) is 22.2 Å². The molecule has 0 aromatic rings. The molecular formula is C12H25N3. The Morgan fingerprint density at radius 3 is 2.40 bits per heavy atom. The van der Waals surface area contributed by atoms with Crippen LogP contribution in [0.5, 0.6) is 0 Å². The molecule has 15 heavy (non-hydrogen) atoms. The summed E-state index contributed by atoms with van der Waals surface area (Å²) in [6.45, 7) is 8.84. The van der Waals surface area contributed by atoms with Gasteiger partial charge < -0.3 is 15.1 Å². The highest BCUT2D eigenvalue weighted by atomic mass is 15.2. The zero-order valence-corrected chi connectivity index (χ0v) is 10.0. The number of nitrogens with zero attached hydrogens (tertiary/aromatic N) is 2. The van der Waals surface area contributed by atoms with E-state index in [1.807, 2.05) is 0 Å². The molecule has 0 spiro atoms. The van der Waals surface area contributed by atoms with Gasteiger partial charge in [0, 0.05) is 26.2 Å². The lowest BCUT2D eigenvalue weighted by Gasteiger charge is -2.32. The van der Waals surface area contributed by atoms with Crippen molar-refractivity contribution in [3.63, 3.8) is 0 Å². The highest BCUT2D eigenvalue weighted by Gasteiger charge is 2.18. The molecule has 2 saturated heterocycles. The molecule has 3 heteroatoms. The zero-order valence-electron chi connectivity index (χ0n) is 10.0. The second-order valence-corrected chi connectivity index (χ2v) is 5.13. The van der Waals surface area contributed by atoms with Gasteiger partial charge in [-0.25, -0.2) is 0 Å². The van der Waals surface area contributed by atoms with Crippen molar-refractivity contribution in [1.29, 1.82) is 0 Å². The largest absolute Gasteiger partial charge is 0.314 e. The number of rotatable bonds is 3. The lowest BCUT2D eigenvalue weighted by molar-refractivity contribution is 0.178.